The van der Waals surface area contributed by atoms with Gasteiger partial charge >= 0.3 is 0 Å². The van der Waals surface area contributed by atoms with Gasteiger partial charge in [-0.1, -0.05) is 11.6 Å². The maximum Gasteiger partial charge on any atom is 0.282 e. The Bertz CT molecular complexity index is 598. The van der Waals surface area contributed by atoms with Crippen LogP contribution in [0.25, 0.3) is 5.82 Å². The van der Waals surface area contributed by atoms with E-state index in [1.807, 2.05) is 6.92 Å². The zero-order valence-corrected chi connectivity index (χ0v) is 10.0. The summed E-state index contributed by atoms with van der Waals surface area (Å²) in [7, 11) is 0. The second-order valence-electron chi connectivity index (χ2n) is 3.61. The van der Waals surface area contributed by atoms with Gasteiger partial charge in [0.15, 0.2) is 12.1 Å². The predicted molar refractivity (Wildman–Crippen MR) is 61.5 cm³/mol. The van der Waals surface area contributed by atoms with E-state index in [0.717, 1.165) is 10.2 Å². The summed E-state index contributed by atoms with van der Waals surface area (Å²) in [4.78, 5) is 14.7. The van der Waals surface area contributed by atoms with E-state index >= 15 is 0 Å². The van der Waals surface area contributed by atoms with Crippen LogP contribution in [0.2, 0.25) is 5.15 Å². The lowest BCUT2D eigenvalue weighted by Crippen LogP contribution is -2.00. The zero-order valence-electron chi connectivity index (χ0n) is 9.27. The SMILES string of the molecule is Cc1ccnc(-n2nc(C(F)F)c(C=O)c2Cl)c1. The number of halogens is 3. The molecule has 0 radical (unpaired) electrons. The number of hydrogen-bond acceptors (Lipinski definition) is 3. The van der Waals surface area contributed by atoms with E-state index in [-0.39, 0.29) is 22.8 Å². The van der Waals surface area contributed by atoms with Gasteiger partial charge in [-0.15, -0.1) is 0 Å². The molecule has 94 valence electrons. The van der Waals surface area contributed by atoms with E-state index in [1.165, 1.54) is 6.20 Å². The van der Waals surface area contributed by atoms with Crippen molar-refractivity contribution < 1.29 is 13.6 Å². The van der Waals surface area contributed by atoms with Gasteiger partial charge in [-0.05, 0) is 24.6 Å². The first-order valence-electron chi connectivity index (χ1n) is 4.99. The molecule has 0 amide bonds. The Kier molecular flexibility index (Phi) is 3.38. The van der Waals surface area contributed by atoms with E-state index in [2.05, 4.69) is 10.1 Å². The minimum Gasteiger partial charge on any atom is -0.298 e. The summed E-state index contributed by atoms with van der Waals surface area (Å²) < 4.78 is 26.4. The highest BCUT2D eigenvalue weighted by atomic mass is 35.5. The van der Waals surface area contributed by atoms with Crippen LogP contribution in [0.3, 0.4) is 0 Å². The quantitative estimate of drug-likeness (QED) is 0.806. The Morgan fingerprint density at radius 3 is 2.72 bits per heavy atom. The van der Waals surface area contributed by atoms with Crippen molar-refractivity contribution >= 4 is 17.9 Å². The van der Waals surface area contributed by atoms with Gasteiger partial charge in [-0.3, -0.25) is 4.79 Å². The molecule has 0 saturated heterocycles. The van der Waals surface area contributed by atoms with Crippen molar-refractivity contribution in [1.82, 2.24) is 14.8 Å². The highest BCUT2D eigenvalue weighted by Crippen LogP contribution is 2.28. The Balaban J connectivity index is 2.62. The van der Waals surface area contributed by atoms with Crippen molar-refractivity contribution in [1.29, 1.82) is 0 Å². The molecule has 0 unspecified atom stereocenters. The number of aromatic nitrogens is 3. The predicted octanol–water partition coefficient (Wildman–Crippen LogP) is 2.98. The van der Waals surface area contributed by atoms with Crippen LogP contribution in [0.15, 0.2) is 18.3 Å². The molecular weight excluding hydrogens is 264 g/mol. The van der Waals surface area contributed by atoms with Crippen molar-refractivity contribution in [3.63, 3.8) is 0 Å². The third-order valence-electron chi connectivity index (χ3n) is 2.33. The fourth-order valence-electron chi connectivity index (χ4n) is 1.48. The van der Waals surface area contributed by atoms with Crippen molar-refractivity contribution in [2.75, 3.05) is 0 Å². The molecule has 18 heavy (non-hydrogen) atoms. The van der Waals surface area contributed by atoms with Crippen LogP contribution >= 0.6 is 11.6 Å². The number of carbonyl (C=O) groups excluding carboxylic acids is 1. The van der Waals surface area contributed by atoms with Gasteiger partial charge in [-0.25, -0.2) is 18.4 Å². The van der Waals surface area contributed by atoms with Gasteiger partial charge in [-0.2, -0.15) is 5.10 Å². The van der Waals surface area contributed by atoms with Crippen molar-refractivity contribution in [3.8, 4) is 5.82 Å². The average molecular weight is 272 g/mol. The van der Waals surface area contributed by atoms with Crippen molar-refractivity contribution in [2.24, 2.45) is 0 Å². The minimum atomic E-state index is -2.87. The highest BCUT2D eigenvalue weighted by Gasteiger charge is 2.23. The van der Waals surface area contributed by atoms with E-state index in [9.17, 15) is 13.6 Å². The molecule has 0 aliphatic heterocycles. The number of rotatable bonds is 3. The Morgan fingerprint density at radius 1 is 1.50 bits per heavy atom. The van der Waals surface area contributed by atoms with Gasteiger partial charge in [0.05, 0.1) is 5.56 Å². The van der Waals surface area contributed by atoms with Crippen LogP contribution in [0.4, 0.5) is 8.78 Å². The molecule has 0 fully saturated rings. The van der Waals surface area contributed by atoms with Crippen LogP contribution in [-0.4, -0.2) is 21.1 Å². The smallest absolute Gasteiger partial charge is 0.282 e. The van der Waals surface area contributed by atoms with Gasteiger partial charge in [0, 0.05) is 6.20 Å². The topological polar surface area (TPSA) is 47.8 Å². The fourth-order valence-corrected chi connectivity index (χ4v) is 1.75. The average Bonchev–Trinajstić information content (AvgIpc) is 2.66. The third-order valence-corrected chi connectivity index (χ3v) is 2.70. The molecular formula is C11H8ClF2N3O. The maximum atomic E-state index is 12.7. The van der Waals surface area contributed by atoms with Crippen LogP contribution in [-0.2, 0) is 0 Å². The van der Waals surface area contributed by atoms with E-state index < -0.39 is 12.1 Å². The van der Waals surface area contributed by atoms with Crippen molar-refractivity contribution in [2.45, 2.75) is 13.3 Å². The molecule has 2 aromatic rings. The Hall–Kier alpha value is -1.82. The lowest BCUT2D eigenvalue weighted by atomic mass is 10.3. The molecule has 4 nitrogen and oxygen atoms in total. The fraction of sp³-hybridized carbons (Fsp3) is 0.182. The van der Waals surface area contributed by atoms with Gasteiger partial charge in [0.1, 0.15) is 10.8 Å². The number of aldehydes is 1. The summed E-state index contributed by atoms with van der Waals surface area (Å²) in [5, 5.41) is 3.46. The number of alkyl halides is 2. The molecule has 0 aliphatic carbocycles. The third kappa shape index (κ3) is 2.11. The first-order valence-corrected chi connectivity index (χ1v) is 5.37. The van der Waals surface area contributed by atoms with Crippen LogP contribution < -0.4 is 0 Å². The highest BCUT2D eigenvalue weighted by molar-refractivity contribution is 6.32. The molecule has 0 spiro atoms. The van der Waals surface area contributed by atoms with Gasteiger partial charge in [0.25, 0.3) is 6.43 Å². The summed E-state index contributed by atoms with van der Waals surface area (Å²) in [5.41, 5.74) is -0.0777. The molecule has 2 rings (SSSR count). The number of carbonyl (C=O) groups is 1. The van der Waals surface area contributed by atoms with Gasteiger partial charge in [0.2, 0.25) is 0 Å². The molecule has 0 N–H and O–H groups in total. The Labute approximate surface area is 106 Å². The number of aryl methyl sites for hydroxylation is 1. The van der Waals surface area contributed by atoms with E-state index in [0.29, 0.717) is 0 Å². The van der Waals surface area contributed by atoms with Crippen LogP contribution in [0, 0.1) is 6.92 Å². The first kappa shape index (κ1) is 12.6. The van der Waals surface area contributed by atoms with Gasteiger partial charge < -0.3 is 0 Å². The minimum absolute atomic E-state index is 0.168. The summed E-state index contributed by atoms with van der Waals surface area (Å²) in [6.45, 7) is 1.82. The summed E-state index contributed by atoms with van der Waals surface area (Å²) in [6, 6.07) is 3.37. The summed E-state index contributed by atoms with van der Waals surface area (Å²) in [5.74, 6) is 0.287. The lowest BCUT2D eigenvalue weighted by Gasteiger charge is -2.02. The summed E-state index contributed by atoms with van der Waals surface area (Å²) in [6.07, 6.45) is -1.09. The van der Waals surface area contributed by atoms with Crippen molar-refractivity contribution in [3.05, 3.63) is 40.3 Å². The summed E-state index contributed by atoms with van der Waals surface area (Å²) >= 11 is 5.86. The number of pyridine rings is 1. The molecule has 0 aromatic carbocycles. The maximum absolute atomic E-state index is 12.7. The van der Waals surface area contributed by atoms with E-state index in [1.54, 1.807) is 12.1 Å². The molecule has 7 heteroatoms. The largest absolute Gasteiger partial charge is 0.298 e. The lowest BCUT2D eigenvalue weighted by molar-refractivity contribution is 0.110. The molecule has 2 aromatic heterocycles. The zero-order chi connectivity index (χ0) is 13.3. The normalized spacial score (nSPS) is 10.9. The Morgan fingerprint density at radius 2 is 2.22 bits per heavy atom. The molecule has 0 saturated carbocycles. The molecule has 2 heterocycles. The van der Waals surface area contributed by atoms with Crippen LogP contribution in [0.5, 0.6) is 0 Å². The molecule has 0 bridgehead atoms. The molecule has 0 atom stereocenters. The van der Waals surface area contributed by atoms with Crippen LogP contribution in [0.1, 0.15) is 28.0 Å². The number of nitrogens with zero attached hydrogens (tertiary/aromatic N) is 3. The monoisotopic (exact) mass is 271 g/mol. The number of hydrogen-bond donors (Lipinski definition) is 0. The first-order chi connectivity index (χ1) is 8.54. The molecule has 0 aliphatic rings. The second-order valence-corrected chi connectivity index (χ2v) is 3.97. The second kappa shape index (κ2) is 4.81. The standard InChI is InChI=1S/C11H8ClF2N3O/c1-6-2-3-15-8(4-6)17-10(12)7(5-18)9(16-17)11(13)14/h2-5,11H,1H3. The van der Waals surface area contributed by atoms with E-state index in [4.69, 9.17) is 11.6 Å².